The quantitative estimate of drug-likeness (QED) is 0.174. The van der Waals surface area contributed by atoms with Crippen molar-refractivity contribution >= 4 is 17.2 Å². The average Bonchev–Trinajstić information content (AvgIpc) is 2.67. The molecule has 0 aliphatic rings. The van der Waals surface area contributed by atoms with Crippen LogP contribution in [0.1, 0.15) is 19.8 Å². The Kier molecular flexibility index (Phi) is 20.8. The second kappa shape index (κ2) is 20.4. The average molecular weight is 413 g/mol. The minimum atomic E-state index is -0.0548. The van der Waals surface area contributed by atoms with Gasteiger partial charge in [-0.3, -0.25) is 0 Å². The molecular weight excluding hydrogens is 372 g/mol. The van der Waals surface area contributed by atoms with Crippen LogP contribution in [0.4, 0.5) is 0 Å². The lowest BCUT2D eigenvalue weighted by Crippen LogP contribution is -2.32. The van der Waals surface area contributed by atoms with Crippen LogP contribution in [-0.4, -0.2) is 103 Å². The Hall–Kier alpha value is 0.620. The van der Waals surface area contributed by atoms with Crippen LogP contribution in [0.3, 0.4) is 0 Å². The third-order valence-corrected chi connectivity index (χ3v) is 6.57. The van der Waals surface area contributed by atoms with Gasteiger partial charge in [0.1, 0.15) is 0 Å². The number of ether oxygens (including phenoxy) is 5. The standard InChI is InChI=1S/C18H41NO5P2/c1-6-24-12-9-19(10-15-25-13-7-17(20-2)21-3)11-16-26-14-8-18(22-4)23-5/h17-18,25-26H,6-16H2,1-5H3. The van der Waals surface area contributed by atoms with Gasteiger partial charge in [0.05, 0.1) is 6.61 Å². The predicted molar refractivity (Wildman–Crippen MR) is 114 cm³/mol. The fourth-order valence-corrected chi connectivity index (χ4v) is 4.83. The maximum atomic E-state index is 5.54. The van der Waals surface area contributed by atoms with E-state index in [-0.39, 0.29) is 12.6 Å². The van der Waals surface area contributed by atoms with Crippen LogP contribution in [0.2, 0.25) is 0 Å². The molecule has 8 heteroatoms. The predicted octanol–water partition coefficient (Wildman–Crippen LogP) is 2.70. The van der Waals surface area contributed by atoms with Gasteiger partial charge in [0, 0.05) is 67.5 Å². The fraction of sp³-hybridized carbons (Fsp3) is 1.00. The Balaban J connectivity index is 3.89. The molecule has 0 N–H and O–H groups in total. The fourth-order valence-electron chi connectivity index (χ4n) is 2.50. The van der Waals surface area contributed by atoms with Crippen LogP contribution >= 0.6 is 17.2 Å². The van der Waals surface area contributed by atoms with E-state index in [0.717, 1.165) is 62.9 Å². The van der Waals surface area contributed by atoms with Gasteiger partial charge >= 0.3 is 0 Å². The molecule has 0 radical (unpaired) electrons. The Bertz CT molecular complexity index is 260. The second-order valence-corrected chi connectivity index (χ2v) is 8.92. The van der Waals surface area contributed by atoms with Crippen LogP contribution in [0.5, 0.6) is 0 Å². The van der Waals surface area contributed by atoms with E-state index in [9.17, 15) is 0 Å². The van der Waals surface area contributed by atoms with E-state index in [4.69, 9.17) is 23.7 Å². The lowest BCUT2D eigenvalue weighted by atomic mass is 10.5. The molecule has 26 heavy (non-hydrogen) atoms. The van der Waals surface area contributed by atoms with E-state index in [1.54, 1.807) is 28.4 Å². The van der Waals surface area contributed by atoms with E-state index in [0.29, 0.717) is 0 Å². The summed E-state index contributed by atoms with van der Waals surface area (Å²) in [6, 6.07) is 0. The van der Waals surface area contributed by atoms with Gasteiger partial charge in [-0.1, -0.05) is 0 Å². The summed E-state index contributed by atoms with van der Waals surface area (Å²) in [6.07, 6.45) is 6.67. The molecule has 0 saturated heterocycles. The summed E-state index contributed by atoms with van der Waals surface area (Å²) < 4.78 is 26.5. The van der Waals surface area contributed by atoms with Crippen molar-refractivity contribution in [2.24, 2.45) is 0 Å². The van der Waals surface area contributed by atoms with Crippen LogP contribution in [0, 0.1) is 0 Å². The first-order valence-electron chi connectivity index (χ1n) is 9.54. The molecule has 6 nitrogen and oxygen atoms in total. The largest absolute Gasteiger partial charge is 0.380 e. The van der Waals surface area contributed by atoms with Gasteiger partial charge in [-0.15, -0.1) is 17.2 Å². The number of rotatable bonds is 20. The zero-order valence-electron chi connectivity index (χ0n) is 17.4. The minimum absolute atomic E-state index is 0.0548. The van der Waals surface area contributed by atoms with Crippen molar-refractivity contribution < 1.29 is 23.7 Å². The number of hydrogen-bond donors (Lipinski definition) is 0. The van der Waals surface area contributed by atoms with E-state index in [2.05, 4.69) is 11.8 Å². The van der Waals surface area contributed by atoms with Crippen molar-refractivity contribution in [2.45, 2.75) is 32.3 Å². The molecule has 0 aromatic carbocycles. The van der Waals surface area contributed by atoms with Gasteiger partial charge in [0.25, 0.3) is 0 Å². The molecule has 2 unspecified atom stereocenters. The van der Waals surface area contributed by atoms with Crippen molar-refractivity contribution in [3.05, 3.63) is 0 Å². The number of hydrogen-bond acceptors (Lipinski definition) is 6. The lowest BCUT2D eigenvalue weighted by molar-refractivity contribution is -0.102. The molecule has 0 spiro atoms. The van der Waals surface area contributed by atoms with Crippen molar-refractivity contribution in [3.8, 4) is 0 Å². The Morgan fingerprint density at radius 1 is 0.692 bits per heavy atom. The Morgan fingerprint density at radius 2 is 1.15 bits per heavy atom. The molecule has 0 saturated carbocycles. The molecule has 0 aromatic heterocycles. The molecule has 0 amide bonds. The van der Waals surface area contributed by atoms with E-state index >= 15 is 0 Å². The molecule has 0 bridgehead atoms. The maximum absolute atomic E-state index is 5.54. The first kappa shape index (κ1) is 26.6. The maximum Gasteiger partial charge on any atom is 0.157 e. The normalized spacial score (nSPS) is 12.9. The summed E-state index contributed by atoms with van der Waals surface area (Å²) >= 11 is 0. The first-order chi connectivity index (χ1) is 12.7. The van der Waals surface area contributed by atoms with Crippen molar-refractivity contribution in [1.29, 1.82) is 0 Å². The molecule has 0 aromatic rings. The Labute approximate surface area is 164 Å². The summed E-state index contributed by atoms with van der Waals surface area (Å²) in [5.74, 6) is 0. The minimum Gasteiger partial charge on any atom is -0.380 e. The zero-order chi connectivity index (χ0) is 19.5. The summed E-state index contributed by atoms with van der Waals surface area (Å²) in [7, 11) is 8.73. The molecular formula is C18H41NO5P2. The van der Waals surface area contributed by atoms with Gasteiger partial charge in [0.2, 0.25) is 0 Å². The van der Waals surface area contributed by atoms with Gasteiger partial charge < -0.3 is 28.6 Å². The van der Waals surface area contributed by atoms with Gasteiger partial charge in [-0.2, -0.15) is 0 Å². The topological polar surface area (TPSA) is 49.4 Å². The summed E-state index contributed by atoms with van der Waals surface area (Å²) in [4.78, 5) is 2.55. The molecule has 0 rings (SSSR count). The first-order valence-corrected chi connectivity index (χ1v) is 12.4. The van der Waals surface area contributed by atoms with Gasteiger partial charge in [0.15, 0.2) is 12.6 Å². The molecule has 2 atom stereocenters. The second-order valence-electron chi connectivity index (χ2n) is 5.92. The van der Waals surface area contributed by atoms with Crippen molar-refractivity contribution in [2.75, 3.05) is 85.9 Å². The van der Waals surface area contributed by atoms with E-state index in [1.165, 1.54) is 24.6 Å². The SMILES string of the molecule is CCOCCN(CCPCCC(OC)OC)CCPCCC(OC)OC. The van der Waals surface area contributed by atoms with Crippen LogP contribution in [0.15, 0.2) is 0 Å². The zero-order valence-corrected chi connectivity index (χ0v) is 19.4. The molecule has 0 heterocycles. The third kappa shape index (κ3) is 15.7. The molecule has 0 aliphatic heterocycles. The highest BCUT2D eigenvalue weighted by Crippen LogP contribution is 2.16. The van der Waals surface area contributed by atoms with Crippen molar-refractivity contribution in [1.82, 2.24) is 4.90 Å². The van der Waals surface area contributed by atoms with E-state index in [1.807, 2.05) is 0 Å². The highest BCUT2D eigenvalue weighted by molar-refractivity contribution is 7.38. The van der Waals surface area contributed by atoms with Gasteiger partial charge in [-0.05, 0) is 31.6 Å². The lowest BCUT2D eigenvalue weighted by Gasteiger charge is -2.22. The highest BCUT2D eigenvalue weighted by Gasteiger charge is 2.08. The van der Waals surface area contributed by atoms with Crippen molar-refractivity contribution in [3.63, 3.8) is 0 Å². The van der Waals surface area contributed by atoms with Crippen LogP contribution in [0.25, 0.3) is 0 Å². The molecule has 0 fully saturated rings. The Morgan fingerprint density at radius 3 is 1.54 bits per heavy atom. The van der Waals surface area contributed by atoms with E-state index < -0.39 is 0 Å². The van der Waals surface area contributed by atoms with Crippen LogP contribution in [-0.2, 0) is 23.7 Å². The molecule has 0 aliphatic carbocycles. The number of nitrogens with zero attached hydrogens (tertiary/aromatic N) is 1. The number of methoxy groups -OCH3 is 4. The highest BCUT2D eigenvalue weighted by atomic mass is 31.1. The summed E-state index contributed by atoms with van der Waals surface area (Å²) in [5.41, 5.74) is 0. The summed E-state index contributed by atoms with van der Waals surface area (Å²) in [5, 5.41) is 0. The smallest absolute Gasteiger partial charge is 0.157 e. The summed E-state index contributed by atoms with van der Waals surface area (Å²) in [6.45, 7) is 7.01. The van der Waals surface area contributed by atoms with Gasteiger partial charge in [-0.25, -0.2) is 0 Å². The van der Waals surface area contributed by atoms with Crippen LogP contribution < -0.4 is 0 Å². The molecule has 158 valence electrons. The third-order valence-electron chi connectivity index (χ3n) is 4.13. The monoisotopic (exact) mass is 413 g/mol.